The van der Waals surface area contributed by atoms with E-state index in [1.54, 1.807) is 14.2 Å². The smallest absolute Gasteiger partial charge is 0.170 e. The molecule has 134 valence electrons. The maximum absolute atomic E-state index is 5.35. The van der Waals surface area contributed by atoms with Gasteiger partial charge in [-0.25, -0.2) is 0 Å². The molecule has 0 spiro atoms. The molecule has 0 saturated heterocycles. The minimum Gasteiger partial charge on any atom is -0.493 e. The van der Waals surface area contributed by atoms with Crippen LogP contribution in [0.4, 0.5) is 11.4 Å². The van der Waals surface area contributed by atoms with Crippen LogP contribution in [0.2, 0.25) is 0 Å². The number of thiocarbonyl (C=S) groups is 1. The van der Waals surface area contributed by atoms with E-state index in [1.165, 1.54) is 0 Å². The number of benzene rings is 2. The molecule has 0 aliphatic carbocycles. The Kier molecular flexibility index (Phi) is 6.89. The van der Waals surface area contributed by atoms with Gasteiger partial charge in [-0.2, -0.15) is 0 Å². The molecule has 0 bridgehead atoms. The van der Waals surface area contributed by atoms with Crippen LogP contribution < -0.4 is 25.0 Å². The summed E-state index contributed by atoms with van der Waals surface area (Å²) in [6.07, 6.45) is 0.835. The Labute approximate surface area is 154 Å². The molecule has 5 nitrogen and oxygen atoms in total. The van der Waals surface area contributed by atoms with Crippen molar-refractivity contribution in [1.29, 1.82) is 0 Å². The minimum atomic E-state index is 0.609. The van der Waals surface area contributed by atoms with Gasteiger partial charge in [0.25, 0.3) is 0 Å². The van der Waals surface area contributed by atoms with Crippen molar-refractivity contribution in [3.05, 3.63) is 48.0 Å². The molecule has 2 rings (SSSR count). The number of hydrogen-bond acceptors (Lipinski definition) is 4. The summed E-state index contributed by atoms with van der Waals surface area (Å²) in [4.78, 5) is 2.06. The highest BCUT2D eigenvalue weighted by Crippen LogP contribution is 2.27. The van der Waals surface area contributed by atoms with Crippen molar-refractivity contribution in [3.63, 3.8) is 0 Å². The largest absolute Gasteiger partial charge is 0.493 e. The zero-order valence-electron chi connectivity index (χ0n) is 15.1. The van der Waals surface area contributed by atoms with Gasteiger partial charge in [-0.3, -0.25) is 0 Å². The van der Waals surface area contributed by atoms with Gasteiger partial charge in [0.1, 0.15) is 0 Å². The van der Waals surface area contributed by atoms with Gasteiger partial charge in [0.15, 0.2) is 16.6 Å². The fourth-order valence-corrected chi connectivity index (χ4v) is 2.59. The highest BCUT2D eigenvalue weighted by molar-refractivity contribution is 7.80. The third kappa shape index (κ3) is 5.53. The van der Waals surface area contributed by atoms with Crippen LogP contribution in [0.3, 0.4) is 0 Å². The summed E-state index contributed by atoms with van der Waals surface area (Å²) in [5.74, 6) is 1.47. The molecule has 0 heterocycles. The Balaban J connectivity index is 1.82. The van der Waals surface area contributed by atoms with Gasteiger partial charge < -0.3 is 25.0 Å². The van der Waals surface area contributed by atoms with Crippen molar-refractivity contribution in [2.45, 2.75) is 6.42 Å². The molecule has 2 aromatic rings. The molecule has 2 aromatic carbocycles. The van der Waals surface area contributed by atoms with Crippen molar-refractivity contribution >= 4 is 28.7 Å². The van der Waals surface area contributed by atoms with Crippen LogP contribution in [0, 0.1) is 0 Å². The van der Waals surface area contributed by atoms with Crippen LogP contribution >= 0.6 is 12.2 Å². The van der Waals surface area contributed by atoms with E-state index in [4.69, 9.17) is 21.7 Å². The second-order valence-electron chi connectivity index (χ2n) is 5.76. The lowest BCUT2D eigenvalue weighted by Gasteiger charge is -2.14. The average molecular weight is 359 g/mol. The minimum absolute atomic E-state index is 0.609. The number of hydrogen-bond donors (Lipinski definition) is 2. The van der Waals surface area contributed by atoms with Gasteiger partial charge in [0, 0.05) is 32.0 Å². The number of nitrogens with one attached hydrogen (secondary N) is 2. The first-order valence-corrected chi connectivity index (χ1v) is 8.47. The molecular formula is C19H25N3O2S. The van der Waals surface area contributed by atoms with Crippen molar-refractivity contribution in [2.75, 3.05) is 45.1 Å². The molecule has 0 amide bonds. The highest BCUT2D eigenvalue weighted by atomic mass is 32.1. The van der Waals surface area contributed by atoms with Crippen LogP contribution in [0.5, 0.6) is 11.5 Å². The molecule has 0 atom stereocenters. The Morgan fingerprint density at radius 1 is 1.00 bits per heavy atom. The van der Waals surface area contributed by atoms with E-state index in [9.17, 15) is 0 Å². The zero-order chi connectivity index (χ0) is 18.2. The maximum Gasteiger partial charge on any atom is 0.170 e. The first kappa shape index (κ1) is 18.9. The van der Waals surface area contributed by atoms with Crippen LogP contribution in [-0.4, -0.2) is 40.0 Å². The first-order chi connectivity index (χ1) is 12.0. The fourth-order valence-electron chi connectivity index (χ4n) is 2.37. The summed E-state index contributed by atoms with van der Waals surface area (Å²) < 4.78 is 10.6. The second kappa shape index (κ2) is 9.13. The zero-order valence-corrected chi connectivity index (χ0v) is 15.9. The van der Waals surface area contributed by atoms with E-state index in [-0.39, 0.29) is 0 Å². The van der Waals surface area contributed by atoms with Gasteiger partial charge in [-0.05, 0) is 60.6 Å². The predicted octanol–water partition coefficient (Wildman–Crippen LogP) is 3.30. The quantitative estimate of drug-likeness (QED) is 0.740. The third-order valence-corrected chi connectivity index (χ3v) is 4.04. The normalized spacial score (nSPS) is 10.1. The Hall–Kier alpha value is -2.47. The Morgan fingerprint density at radius 2 is 1.68 bits per heavy atom. The number of rotatable bonds is 7. The molecular weight excluding hydrogens is 334 g/mol. The third-order valence-electron chi connectivity index (χ3n) is 3.79. The van der Waals surface area contributed by atoms with Crippen molar-refractivity contribution < 1.29 is 9.47 Å². The number of methoxy groups -OCH3 is 2. The van der Waals surface area contributed by atoms with Gasteiger partial charge in [-0.1, -0.05) is 6.07 Å². The van der Waals surface area contributed by atoms with E-state index in [0.717, 1.165) is 41.4 Å². The van der Waals surface area contributed by atoms with Crippen LogP contribution in [-0.2, 0) is 6.42 Å². The predicted molar refractivity (Wildman–Crippen MR) is 108 cm³/mol. The Bertz CT molecular complexity index is 702. The second-order valence-corrected chi connectivity index (χ2v) is 6.17. The lowest BCUT2D eigenvalue weighted by Crippen LogP contribution is -2.30. The first-order valence-electron chi connectivity index (χ1n) is 8.06. The number of anilines is 2. The molecule has 0 radical (unpaired) electrons. The van der Waals surface area contributed by atoms with Crippen LogP contribution in [0.25, 0.3) is 0 Å². The summed E-state index contributed by atoms with van der Waals surface area (Å²) >= 11 is 5.35. The molecule has 0 aliphatic rings. The molecule has 6 heteroatoms. The summed E-state index contributed by atoms with van der Waals surface area (Å²) in [6, 6.07) is 14.0. The molecule has 0 aromatic heterocycles. The van der Waals surface area contributed by atoms with E-state index in [2.05, 4.69) is 27.7 Å². The molecule has 25 heavy (non-hydrogen) atoms. The van der Waals surface area contributed by atoms with E-state index in [0.29, 0.717) is 5.11 Å². The van der Waals surface area contributed by atoms with Gasteiger partial charge >= 0.3 is 0 Å². The lowest BCUT2D eigenvalue weighted by atomic mass is 10.1. The molecule has 0 unspecified atom stereocenters. The van der Waals surface area contributed by atoms with E-state index >= 15 is 0 Å². The van der Waals surface area contributed by atoms with Gasteiger partial charge in [0.05, 0.1) is 14.2 Å². The summed E-state index contributed by atoms with van der Waals surface area (Å²) in [5.41, 5.74) is 3.27. The van der Waals surface area contributed by atoms with Crippen molar-refractivity contribution in [1.82, 2.24) is 5.32 Å². The van der Waals surface area contributed by atoms with Crippen molar-refractivity contribution in [3.8, 4) is 11.5 Å². The molecule has 0 fully saturated rings. The molecule has 0 saturated carbocycles. The number of ether oxygens (including phenoxy) is 2. The topological polar surface area (TPSA) is 45.8 Å². The van der Waals surface area contributed by atoms with Crippen LogP contribution in [0.1, 0.15) is 5.56 Å². The summed E-state index contributed by atoms with van der Waals surface area (Å²) in [7, 11) is 7.31. The average Bonchev–Trinajstić information content (AvgIpc) is 2.62. The Morgan fingerprint density at radius 3 is 2.28 bits per heavy atom. The molecule has 2 N–H and O–H groups in total. The van der Waals surface area contributed by atoms with E-state index < -0.39 is 0 Å². The maximum atomic E-state index is 5.35. The molecule has 0 aliphatic heterocycles. The van der Waals surface area contributed by atoms with Gasteiger partial charge in [-0.15, -0.1) is 0 Å². The fraction of sp³-hybridized carbons (Fsp3) is 0.316. The number of nitrogens with zero attached hydrogens (tertiary/aromatic N) is 1. The summed E-state index contributed by atoms with van der Waals surface area (Å²) in [6.45, 7) is 0.733. The monoisotopic (exact) mass is 359 g/mol. The standard InChI is InChI=1S/C19H25N3O2S/c1-22(2)16-8-6-15(7-9-16)21-19(25)20-12-11-14-5-10-17(23-3)18(13-14)24-4/h5-10,13H,11-12H2,1-4H3,(H2,20,21,25). The summed E-state index contributed by atoms with van der Waals surface area (Å²) in [5, 5.41) is 7.02. The van der Waals surface area contributed by atoms with Crippen molar-refractivity contribution in [2.24, 2.45) is 0 Å². The van der Waals surface area contributed by atoms with E-state index in [1.807, 2.05) is 44.4 Å². The highest BCUT2D eigenvalue weighted by Gasteiger charge is 2.05. The SMILES string of the molecule is COc1ccc(CCNC(=S)Nc2ccc(N(C)C)cc2)cc1OC. The van der Waals surface area contributed by atoms with Gasteiger partial charge in [0.2, 0.25) is 0 Å². The lowest BCUT2D eigenvalue weighted by molar-refractivity contribution is 0.354. The van der Waals surface area contributed by atoms with Crippen LogP contribution in [0.15, 0.2) is 42.5 Å².